The molecule has 0 fully saturated rings. The fourth-order valence-electron chi connectivity index (χ4n) is 3.00. The molecule has 0 aliphatic rings. The summed E-state index contributed by atoms with van der Waals surface area (Å²) < 4.78 is 40.9. The molecule has 0 saturated carbocycles. The maximum absolute atomic E-state index is 13.1. The van der Waals surface area contributed by atoms with Gasteiger partial charge in [0.2, 0.25) is 5.91 Å². The molecular formula is C21H20F3N3OS. The maximum Gasteiger partial charge on any atom is 0.416 e. The quantitative estimate of drug-likeness (QED) is 0.584. The predicted octanol–water partition coefficient (Wildman–Crippen LogP) is 5.38. The van der Waals surface area contributed by atoms with Gasteiger partial charge >= 0.3 is 6.18 Å². The van der Waals surface area contributed by atoms with E-state index in [-0.39, 0.29) is 23.0 Å². The van der Waals surface area contributed by atoms with Crippen LogP contribution in [0.3, 0.4) is 0 Å². The molecule has 0 saturated heterocycles. The average Bonchev–Trinajstić information content (AvgIpc) is 2.96. The highest BCUT2D eigenvalue weighted by Crippen LogP contribution is 2.33. The summed E-state index contributed by atoms with van der Waals surface area (Å²) in [6, 6.07) is 15.0. The highest BCUT2D eigenvalue weighted by molar-refractivity contribution is 7.99. The number of hydrogen-bond donors (Lipinski definition) is 1. The third-order valence-corrected chi connectivity index (χ3v) is 5.35. The van der Waals surface area contributed by atoms with Crippen LogP contribution < -0.4 is 5.32 Å². The number of amides is 1. The maximum atomic E-state index is 13.1. The lowest BCUT2D eigenvalue weighted by molar-refractivity contribution is -0.138. The van der Waals surface area contributed by atoms with Crippen LogP contribution in [0.4, 0.5) is 18.9 Å². The van der Waals surface area contributed by atoms with Crippen molar-refractivity contribution >= 4 is 23.4 Å². The van der Waals surface area contributed by atoms with Crippen molar-refractivity contribution in [3.8, 4) is 5.69 Å². The molecule has 1 amide bonds. The summed E-state index contributed by atoms with van der Waals surface area (Å²) in [5, 5.41) is 7.30. The average molecular weight is 419 g/mol. The number of nitrogens with zero attached hydrogens (tertiary/aromatic N) is 2. The summed E-state index contributed by atoms with van der Waals surface area (Å²) in [4.78, 5) is 12.3. The molecule has 0 spiro atoms. The normalized spacial score (nSPS) is 11.5. The van der Waals surface area contributed by atoms with Crippen molar-refractivity contribution in [1.29, 1.82) is 0 Å². The molecule has 3 rings (SSSR count). The number of carbonyl (C=O) groups excluding carboxylic acids is 1. The van der Waals surface area contributed by atoms with Crippen molar-refractivity contribution in [3.63, 3.8) is 0 Å². The molecule has 3 aromatic rings. The third-order valence-electron chi connectivity index (χ3n) is 4.37. The van der Waals surface area contributed by atoms with Crippen LogP contribution in [-0.2, 0) is 16.7 Å². The molecular weight excluding hydrogens is 399 g/mol. The van der Waals surface area contributed by atoms with Crippen molar-refractivity contribution in [2.24, 2.45) is 0 Å². The van der Waals surface area contributed by atoms with E-state index >= 15 is 0 Å². The van der Waals surface area contributed by atoms with Crippen molar-refractivity contribution in [3.05, 3.63) is 77.1 Å². The number of benzene rings is 2. The first-order chi connectivity index (χ1) is 13.8. The van der Waals surface area contributed by atoms with Gasteiger partial charge in [0, 0.05) is 5.75 Å². The Balaban J connectivity index is 1.64. The fourth-order valence-corrected chi connectivity index (χ4v) is 3.83. The van der Waals surface area contributed by atoms with Crippen molar-refractivity contribution < 1.29 is 18.0 Å². The van der Waals surface area contributed by atoms with E-state index in [1.165, 1.54) is 12.1 Å². The van der Waals surface area contributed by atoms with E-state index in [4.69, 9.17) is 0 Å². The zero-order chi connectivity index (χ0) is 21.0. The molecule has 2 aromatic carbocycles. The summed E-state index contributed by atoms with van der Waals surface area (Å²) in [6.45, 7) is 3.66. The molecule has 0 unspecified atom stereocenters. The SMILES string of the molecule is Cc1nn(-c2ccccc2)c(C)c1NC(=O)CSCc1ccccc1C(F)(F)F. The lowest BCUT2D eigenvalue weighted by atomic mass is 10.1. The van der Waals surface area contributed by atoms with Gasteiger partial charge in [0.25, 0.3) is 0 Å². The van der Waals surface area contributed by atoms with E-state index in [0.29, 0.717) is 11.4 Å². The second kappa shape index (κ2) is 8.73. The Morgan fingerprint density at radius 1 is 1.07 bits per heavy atom. The molecule has 4 nitrogen and oxygen atoms in total. The van der Waals surface area contributed by atoms with Gasteiger partial charge in [-0.1, -0.05) is 36.4 Å². The molecule has 0 aliphatic carbocycles. The predicted molar refractivity (Wildman–Crippen MR) is 109 cm³/mol. The lowest BCUT2D eigenvalue weighted by Gasteiger charge is -2.12. The minimum Gasteiger partial charge on any atom is -0.322 e. The van der Waals surface area contributed by atoms with Crippen LogP contribution >= 0.6 is 11.8 Å². The van der Waals surface area contributed by atoms with Gasteiger partial charge in [-0.25, -0.2) is 4.68 Å². The Bertz CT molecular complexity index is 1000. The van der Waals surface area contributed by atoms with E-state index in [1.807, 2.05) is 37.3 Å². The second-order valence-electron chi connectivity index (χ2n) is 6.49. The molecule has 1 N–H and O–H groups in total. The van der Waals surface area contributed by atoms with E-state index in [0.717, 1.165) is 29.2 Å². The molecule has 8 heteroatoms. The molecule has 1 heterocycles. The Morgan fingerprint density at radius 2 is 1.72 bits per heavy atom. The monoisotopic (exact) mass is 419 g/mol. The van der Waals surface area contributed by atoms with Gasteiger partial charge in [-0.3, -0.25) is 4.79 Å². The number of carbonyl (C=O) groups is 1. The summed E-state index contributed by atoms with van der Waals surface area (Å²) in [5.41, 5.74) is 2.47. The lowest BCUT2D eigenvalue weighted by Crippen LogP contribution is -2.16. The number of aromatic nitrogens is 2. The van der Waals surface area contributed by atoms with E-state index < -0.39 is 11.7 Å². The molecule has 0 atom stereocenters. The van der Waals surface area contributed by atoms with Crippen LogP contribution in [0.15, 0.2) is 54.6 Å². The molecule has 0 bridgehead atoms. The van der Waals surface area contributed by atoms with Gasteiger partial charge in [-0.05, 0) is 37.6 Å². The van der Waals surface area contributed by atoms with Gasteiger partial charge in [-0.15, -0.1) is 11.8 Å². The minimum atomic E-state index is -4.40. The van der Waals surface area contributed by atoms with Gasteiger partial charge in [0.15, 0.2) is 0 Å². The second-order valence-corrected chi connectivity index (χ2v) is 7.47. The standard InChI is InChI=1S/C21H20F3N3OS/c1-14-20(15(2)27(26-14)17-9-4-3-5-10-17)25-19(28)13-29-12-16-8-6-7-11-18(16)21(22,23)24/h3-11H,12-13H2,1-2H3,(H,25,28). The number of alkyl halides is 3. The number of rotatable bonds is 6. The highest BCUT2D eigenvalue weighted by Gasteiger charge is 2.32. The number of aryl methyl sites for hydroxylation is 1. The number of halogens is 3. The number of thioether (sulfide) groups is 1. The number of para-hydroxylation sites is 1. The summed E-state index contributed by atoms with van der Waals surface area (Å²) in [7, 11) is 0. The Morgan fingerprint density at radius 3 is 2.41 bits per heavy atom. The summed E-state index contributed by atoms with van der Waals surface area (Å²) >= 11 is 1.14. The zero-order valence-electron chi connectivity index (χ0n) is 16.0. The molecule has 29 heavy (non-hydrogen) atoms. The topological polar surface area (TPSA) is 46.9 Å². The minimum absolute atomic E-state index is 0.0432. The molecule has 1 aromatic heterocycles. The Kier molecular flexibility index (Phi) is 6.32. The van der Waals surface area contributed by atoms with Crippen LogP contribution in [0.25, 0.3) is 5.69 Å². The van der Waals surface area contributed by atoms with Crippen LogP contribution in [0, 0.1) is 13.8 Å². The first-order valence-corrected chi connectivity index (χ1v) is 10.1. The van der Waals surface area contributed by atoms with E-state index in [9.17, 15) is 18.0 Å². The molecule has 0 aliphatic heterocycles. The number of hydrogen-bond acceptors (Lipinski definition) is 3. The van der Waals surface area contributed by atoms with Crippen LogP contribution in [-0.4, -0.2) is 21.4 Å². The Labute approximate surface area is 171 Å². The van der Waals surface area contributed by atoms with Crippen LogP contribution in [0.2, 0.25) is 0 Å². The smallest absolute Gasteiger partial charge is 0.322 e. The van der Waals surface area contributed by atoms with Gasteiger partial charge in [0.05, 0.1) is 34.1 Å². The fraction of sp³-hybridized carbons (Fsp3) is 0.238. The van der Waals surface area contributed by atoms with Crippen LogP contribution in [0.1, 0.15) is 22.5 Å². The van der Waals surface area contributed by atoms with E-state index in [2.05, 4.69) is 10.4 Å². The molecule has 0 radical (unpaired) electrons. The largest absolute Gasteiger partial charge is 0.416 e. The Hall–Kier alpha value is -2.74. The number of anilines is 1. The van der Waals surface area contributed by atoms with Crippen molar-refractivity contribution in [2.75, 3.05) is 11.1 Å². The van der Waals surface area contributed by atoms with Gasteiger partial charge in [0.1, 0.15) is 0 Å². The first-order valence-electron chi connectivity index (χ1n) is 8.91. The first kappa shape index (κ1) is 21.0. The van der Waals surface area contributed by atoms with E-state index in [1.54, 1.807) is 17.7 Å². The van der Waals surface area contributed by atoms with Crippen molar-refractivity contribution in [2.45, 2.75) is 25.8 Å². The van der Waals surface area contributed by atoms with Crippen molar-refractivity contribution in [1.82, 2.24) is 9.78 Å². The van der Waals surface area contributed by atoms with Gasteiger partial charge in [-0.2, -0.15) is 18.3 Å². The summed E-state index contributed by atoms with van der Waals surface area (Å²) in [6.07, 6.45) is -4.40. The number of nitrogens with one attached hydrogen (secondary N) is 1. The zero-order valence-corrected chi connectivity index (χ0v) is 16.8. The third kappa shape index (κ3) is 5.00. The molecule has 152 valence electrons. The highest BCUT2D eigenvalue weighted by atomic mass is 32.2. The van der Waals surface area contributed by atoms with Gasteiger partial charge < -0.3 is 5.32 Å². The van der Waals surface area contributed by atoms with Crippen LogP contribution in [0.5, 0.6) is 0 Å². The summed E-state index contributed by atoms with van der Waals surface area (Å²) in [5.74, 6) is -0.135.